The predicted octanol–water partition coefficient (Wildman–Crippen LogP) is 2.72. The van der Waals surface area contributed by atoms with Crippen molar-refractivity contribution in [3.05, 3.63) is 23.8 Å². The van der Waals surface area contributed by atoms with Crippen molar-refractivity contribution in [2.75, 3.05) is 0 Å². The van der Waals surface area contributed by atoms with E-state index in [0.717, 1.165) is 6.42 Å². The fourth-order valence-electron chi connectivity index (χ4n) is 0.381. The van der Waals surface area contributed by atoms with Crippen LogP contribution in [-0.2, 0) is 0 Å². The first-order valence-electron chi connectivity index (χ1n) is 2.92. The van der Waals surface area contributed by atoms with Crippen LogP contribution < -0.4 is 0 Å². The average molecular weight is 109 g/mol. The minimum atomic E-state index is 1.05. The molecule has 0 aliphatic carbocycles. The van der Waals surface area contributed by atoms with Crippen molar-refractivity contribution in [2.45, 2.75) is 27.2 Å². The number of hydrogen-bond donors (Lipinski definition) is 0. The average Bonchev–Trinajstić information content (AvgIpc) is 1.83. The molecule has 0 heteroatoms. The normalized spacial score (nSPS) is 13.1. The van der Waals surface area contributed by atoms with Gasteiger partial charge in [-0.1, -0.05) is 23.8 Å². The molecule has 0 amide bonds. The summed E-state index contributed by atoms with van der Waals surface area (Å²) in [7, 11) is 0. The molecule has 0 aliphatic heterocycles. The number of hydrogen-bond acceptors (Lipinski definition) is 0. The van der Waals surface area contributed by atoms with Crippen LogP contribution in [0, 0.1) is 6.08 Å². The van der Waals surface area contributed by atoms with Crippen LogP contribution in [0.2, 0.25) is 0 Å². The highest BCUT2D eigenvalue weighted by molar-refractivity contribution is 5.00. The Morgan fingerprint density at radius 3 is 2.62 bits per heavy atom. The van der Waals surface area contributed by atoms with Crippen molar-refractivity contribution in [1.29, 1.82) is 0 Å². The van der Waals surface area contributed by atoms with Gasteiger partial charge in [-0.2, -0.15) is 0 Å². The van der Waals surface area contributed by atoms with Crippen molar-refractivity contribution in [1.82, 2.24) is 0 Å². The lowest BCUT2D eigenvalue weighted by atomic mass is 10.2. The fourth-order valence-corrected chi connectivity index (χ4v) is 0.381. The summed E-state index contributed by atoms with van der Waals surface area (Å²) in [5.74, 6) is 0. The lowest BCUT2D eigenvalue weighted by Gasteiger charge is -1.88. The molecule has 0 aromatic rings. The largest absolute Gasteiger partial charge is 0.0884 e. The maximum Gasteiger partial charge on any atom is -0.0136 e. The number of allylic oxidation sites excluding steroid dienone is 4. The Morgan fingerprint density at radius 2 is 2.25 bits per heavy atom. The minimum absolute atomic E-state index is 1.05. The van der Waals surface area contributed by atoms with Gasteiger partial charge in [0.1, 0.15) is 0 Å². The minimum Gasteiger partial charge on any atom is -0.0884 e. The van der Waals surface area contributed by atoms with Crippen molar-refractivity contribution in [3.63, 3.8) is 0 Å². The molecule has 0 nitrogen and oxygen atoms in total. The van der Waals surface area contributed by atoms with Crippen LogP contribution in [0.25, 0.3) is 0 Å². The summed E-state index contributed by atoms with van der Waals surface area (Å²) < 4.78 is 0. The second kappa shape index (κ2) is 4.63. The first-order valence-corrected chi connectivity index (χ1v) is 2.92. The van der Waals surface area contributed by atoms with E-state index in [1.54, 1.807) is 0 Å². The quantitative estimate of drug-likeness (QED) is 0.478. The Bertz CT molecular complexity index is 96.6. The van der Waals surface area contributed by atoms with Gasteiger partial charge in [0.05, 0.1) is 0 Å². The first kappa shape index (κ1) is 7.48. The van der Waals surface area contributed by atoms with Crippen LogP contribution in [0.5, 0.6) is 0 Å². The Morgan fingerprint density at radius 1 is 1.62 bits per heavy atom. The fraction of sp³-hybridized carbons (Fsp3) is 0.500. The summed E-state index contributed by atoms with van der Waals surface area (Å²) in [6, 6.07) is 0. The Labute approximate surface area is 51.9 Å². The molecule has 0 unspecified atom stereocenters. The third-order valence-electron chi connectivity index (χ3n) is 1.12. The molecule has 45 valence electrons. The maximum absolute atomic E-state index is 2.97. The van der Waals surface area contributed by atoms with Crippen LogP contribution in [0.4, 0.5) is 0 Å². The summed E-state index contributed by atoms with van der Waals surface area (Å²) in [6.45, 7) is 6.09. The Kier molecular flexibility index (Phi) is 4.33. The number of rotatable bonds is 2. The van der Waals surface area contributed by atoms with Gasteiger partial charge >= 0.3 is 0 Å². The van der Waals surface area contributed by atoms with Gasteiger partial charge in [0, 0.05) is 0 Å². The molecule has 0 aliphatic rings. The molecular weight excluding hydrogens is 96.1 g/mol. The van der Waals surface area contributed by atoms with Crippen LogP contribution in [0.15, 0.2) is 17.7 Å². The molecule has 0 atom stereocenters. The lowest BCUT2D eigenvalue weighted by Crippen LogP contribution is -1.68. The van der Waals surface area contributed by atoms with Gasteiger partial charge in [-0.25, -0.2) is 0 Å². The zero-order chi connectivity index (χ0) is 6.41. The monoisotopic (exact) mass is 109 g/mol. The van der Waals surface area contributed by atoms with E-state index in [4.69, 9.17) is 0 Å². The summed E-state index contributed by atoms with van der Waals surface area (Å²) >= 11 is 0. The Hall–Kier alpha value is -0.520. The molecule has 0 saturated heterocycles. The van der Waals surface area contributed by atoms with Gasteiger partial charge < -0.3 is 0 Å². The van der Waals surface area contributed by atoms with E-state index in [0.29, 0.717) is 0 Å². The smallest absolute Gasteiger partial charge is 0.0136 e. The van der Waals surface area contributed by atoms with Gasteiger partial charge in [-0.15, -0.1) is 0 Å². The molecule has 8 heavy (non-hydrogen) atoms. The van der Waals surface area contributed by atoms with Crippen molar-refractivity contribution in [2.24, 2.45) is 0 Å². The van der Waals surface area contributed by atoms with Gasteiger partial charge in [-0.05, 0) is 27.2 Å². The van der Waals surface area contributed by atoms with E-state index < -0.39 is 0 Å². The van der Waals surface area contributed by atoms with E-state index in [1.165, 1.54) is 5.57 Å². The third-order valence-corrected chi connectivity index (χ3v) is 1.12. The third kappa shape index (κ3) is 3.66. The van der Waals surface area contributed by atoms with Crippen LogP contribution in [0.1, 0.15) is 27.2 Å². The summed E-state index contributed by atoms with van der Waals surface area (Å²) in [6.07, 6.45) is 8.17. The van der Waals surface area contributed by atoms with Gasteiger partial charge in [-0.3, -0.25) is 0 Å². The molecule has 0 fully saturated rings. The second-order valence-corrected chi connectivity index (χ2v) is 1.83. The van der Waals surface area contributed by atoms with Gasteiger partial charge in [0.15, 0.2) is 0 Å². The van der Waals surface area contributed by atoms with E-state index >= 15 is 0 Å². The van der Waals surface area contributed by atoms with Crippen molar-refractivity contribution >= 4 is 0 Å². The molecule has 0 aromatic heterocycles. The Balaban J connectivity index is 3.40. The van der Waals surface area contributed by atoms with Crippen LogP contribution in [-0.4, -0.2) is 0 Å². The van der Waals surface area contributed by atoms with Crippen LogP contribution in [0.3, 0.4) is 0 Å². The molecule has 0 spiro atoms. The zero-order valence-corrected chi connectivity index (χ0v) is 5.86. The first-order chi connectivity index (χ1) is 3.81. The molecule has 1 radical (unpaired) electrons. The lowest BCUT2D eigenvalue weighted by molar-refractivity contribution is 1.19. The predicted molar refractivity (Wildman–Crippen MR) is 37.5 cm³/mol. The van der Waals surface area contributed by atoms with Gasteiger partial charge in [0.2, 0.25) is 0 Å². The van der Waals surface area contributed by atoms with E-state index in [9.17, 15) is 0 Å². The van der Waals surface area contributed by atoms with Crippen LogP contribution >= 0.6 is 0 Å². The highest BCUT2D eigenvalue weighted by Gasteiger charge is 1.77. The zero-order valence-electron chi connectivity index (χ0n) is 5.86. The molecule has 0 aromatic carbocycles. The van der Waals surface area contributed by atoms with Crippen molar-refractivity contribution in [3.8, 4) is 0 Å². The standard InChI is InChI=1S/C8H13/c1-4-6-7-8(3)5-2/h5-6H,7H2,1-3H3/b6-4?,8-5+. The highest BCUT2D eigenvalue weighted by atomic mass is 13.8. The summed E-state index contributed by atoms with van der Waals surface area (Å²) in [4.78, 5) is 0. The molecule has 0 bridgehead atoms. The maximum atomic E-state index is 2.97. The SMILES string of the molecule is C/[C]=C/C/C(C)=C/C. The second-order valence-electron chi connectivity index (χ2n) is 1.83. The molecule has 0 saturated carbocycles. The molecule has 0 N–H and O–H groups in total. The van der Waals surface area contributed by atoms with E-state index in [2.05, 4.69) is 26.0 Å². The molecule has 0 heterocycles. The summed E-state index contributed by atoms with van der Waals surface area (Å²) in [5, 5.41) is 0. The van der Waals surface area contributed by atoms with E-state index in [-0.39, 0.29) is 0 Å². The van der Waals surface area contributed by atoms with Crippen molar-refractivity contribution < 1.29 is 0 Å². The molecule has 0 rings (SSSR count). The molecular formula is C8H13. The van der Waals surface area contributed by atoms with E-state index in [1.807, 2.05) is 13.0 Å². The van der Waals surface area contributed by atoms with Gasteiger partial charge in [0.25, 0.3) is 0 Å². The topological polar surface area (TPSA) is 0 Å². The highest BCUT2D eigenvalue weighted by Crippen LogP contribution is 1.98. The summed E-state index contributed by atoms with van der Waals surface area (Å²) in [5.41, 5.74) is 1.40.